The first-order valence-electron chi connectivity index (χ1n) is 7.79. The van der Waals surface area contributed by atoms with Crippen molar-refractivity contribution in [3.8, 4) is 0 Å². The second-order valence-corrected chi connectivity index (χ2v) is 7.11. The lowest BCUT2D eigenvalue weighted by molar-refractivity contribution is -0.130. The smallest absolute Gasteiger partial charge is 0.230 e. The fourth-order valence-electron chi connectivity index (χ4n) is 2.87. The molecule has 0 aromatic heterocycles. The van der Waals surface area contributed by atoms with E-state index in [-0.39, 0.29) is 16.9 Å². The number of halogens is 1. The predicted octanol–water partition coefficient (Wildman–Crippen LogP) is 3.50. The van der Waals surface area contributed by atoms with Crippen LogP contribution in [0.4, 0.5) is 0 Å². The molecular weight excluding hydrogens is 328 g/mol. The lowest BCUT2D eigenvalue weighted by Gasteiger charge is -2.41. The summed E-state index contributed by atoms with van der Waals surface area (Å²) in [5.41, 5.74) is 6.77. The van der Waals surface area contributed by atoms with Crippen LogP contribution in [0.3, 0.4) is 0 Å². The number of rotatable bonds is 6. The van der Waals surface area contributed by atoms with Crippen molar-refractivity contribution in [1.29, 1.82) is 0 Å². The molecular formula is C17H25BrN2O. The van der Waals surface area contributed by atoms with Gasteiger partial charge < -0.3 is 11.1 Å². The molecule has 1 aliphatic carbocycles. The Bertz CT molecular complexity index is 490. The second-order valence-electron chi connectivity index (χ2n) is 6.19. The third-order valence-electron chi connectivity index (χ3n) is 5.05. The van der Waals surface area contributed by atoms with Gasteiger partial charge in [-0.1, -0.05) is 48.3 Å². The molecule has 0 bridgehead atoms. The number of carbonyl (C=O) groups excluding carboxylic acids is 1. The monoisotopic (exact) mass is 352 g/mol. The summed E-state index contributed by atoms with van der Waals surface area (Å²) in [6, 6.07) is 8.12. The van der Waals surface area contributed by atoms with Crippen LogP contribution < -0.4 is 11.1 Å². The fourth-order valence-corrected chi connectivity index (χ4v) is 3.14. The Hall–Kier alpha value is -0.870. The van der Waals surface area contributed by atoms with E-state index in [0.29, 0.717) is 6.54 Å². The minimum atomic E-state index is -0.344. The minimum Gasteiger partial charge on any atom is -0.353 e. The maximum Gasteiger partial charge on any atom is 0.230 e. The first-order valence-corrected chi connectivity index (χ1v) is 8.58. The van der Waals surface area contributed by atoms with Crippen molar-refractivity contribution in [3.05, 3.63) is 34.3 Å². The molecule has 1 aromatic rings. The molecule has 3 nitrogen and oxygen atoms in total. The van der Waals surface area contributed by atoms with Gasteiger partial charge in [0.25, 0.3) is 0 Å². The molecule has 0 aliphatic heterocycles. The molecule has 0 saturated heterocycles. The molecule has 2 rings (SSSR count). The standard InChI is InChI=1S/C17H25BrN2O/c1-3-16(19,4-2)12-20-15(21)17(10-5-11-17)13-6-8-14(18)9-7-13/h6-9H,3-5,10-12,19H2,1-2H3,(H,20,21). The molecule has 1 fully saturated rings. The summed E-state index contributed by atoms with van der Waals surface area (Å²) in [5.74, 6) is 0.132. The van der Waals surface area contributed by atoms with Crippen molar-refractivity contribution in [2.45, 2.75) is 56.9 Å². The summed E-state index contributed by atoms with van der Waals surface area (Å²) in [5, 5.41) is 3.11. The van der Waals surface area contributed by atoms with Crippen LogP contribution in [0.2, 0.25) is 0 Å². The van der Waals surface area contributed by atoms with E-state index in [4.69, 9.17) is 5.73 Å². The van der Waals surface area contributed by atoms with Crippen LogP contribution in [0.15, 0.2) is 28.7 Å². The Kier molecular flexibility index (Phi) is 5.10. The summed E-state index contributed by atoms with van der Waals surface area (Å²) in [4.78, 5) is 12.7. The number of carbonyl (C=O) groups is 1. The molecule has 116 valence electrons. The van der Waals surface area contributed by atoms with Gasteiger partial charge in [-0.2, -0.15) is 0 Å². The van der Waals surface area contributed by atoms with Crippen molar-refractivity contribution in [2.75, 3.05) is 6.54 Å². The van der Waals surface area contributed by atoms with E-state index in [2.05, 4.69) is 47.2 Å². The number of nitrogens with one attached hydrogen (secondary N) is 1. The molecule has 0 atom stereocenters. The zero-order valence-electron chi connectivity index (χ0n) is 12.9. The predicted molar refractivity (Wildman–Crippen MR) is 90.2 cm³/mol. The van der Waals surface area contributed by atoms with Gasteiger partial charge in [-0.3, -0.25) is 4.79 Å². The highest BCUT2D eigenvalue weighted by atomic mass is 79.9. The van der Waals surface area contributed by atoms with Gasteiger partial charge in [0.15, 0.2) is 0 Å². The molecule has 0 heterocycles. The summed E-state index contributed by atoms with van der Waals surface area (Å²) >= 11 is 3.45. The van der Waals surface area contributed by atoms with E-state index >= 15 is 0 Å². The highest BCUT2D eigenvalue weighted by Gasteiger charge is 2.45. The Morgan fingerprint density at radius 3 is 2.29 bits per heavy atom. The van der Waals surface area contributed by atoms with E-state index in [1.54, 1.807) is 0 Å². The molecule has 3 N–H and O–H groups in total. The number of hydrogen-bond acceptors (Lipinski definition) is 2. The summed E-state index contributed by atoms with van der Waals surface area (Å²) < 4.78 is 1.04. The molecule has 1 aliphatic rings. The van der Waals surface area contributed by atoms with Gasteiger partial charge in [-0.25, -0.2) is 0 Å². The van der Waals surface area contributed by atoms with Gasteiger partial charge in [0.2, 0.25) is 5.91 Å². The van der Waals surface area contributed by atoms with Crippen molar-refractivity contribution in [1.82, 2.24) is 5.32 Å². The average Bonchev–Trinajstić information content (AvgIpc) is 2.45. The van der Waals surface area contributed by atoms with Crippen LogP contribution in [0.5, 0.6) is 0 Å². The van der Waals surface area contributed by atoms with Crippen molar-refractivity contribution < 1.29 is 4.79 Å². The zero-order chi connectivity index (χ0) is 15.5. The van der Waals surface area contributed by atoms with Gasteiger partial charge in [-0.05, 0) is 43.4 Å². The molecule has 4 heteroatoms. The molecule has 0 radical (unpaired) electrons. The fraction of sp³-hybridized carbons (Fsp3) is 0.588. The molecule has 0 unspecified atom stereocenters. The lowest BCUT2D eigenvalue weighted by atomic mass is 9.63. The average molecular weight is 353 g/mol. The normalized spacial score (nSPS) is 17.1. The summed E-state index contributed by atoms with van der Waals surface area (Å²) in [6.45, 7) is 4.70. The van der Waals surface area contributed by atoms with Crippen molar-refractivity contribution >= 4 is 21.8 Å². The van der Waals surface area contributed by atoms with Gasteiger partial charge in [-0.15, -0.1) is 0 Å². The highest BCUT2D eigenvalue weighted by Crippen LogP contribution is 2.44. The van der Waals surface area contributed by atoms with E-state index < -0.39 is 0 Å². The Balaban J connectivity index is 2.10. The summed E-state index contributed by atoms with van der Waals surface area (Å²) in [7, 11) is 0. The van der Waals surface area contributed by atoms with Gasteiger partial charge in [0.1, 0.15) is 0 Å². The van der Waals surface area contributed by atoms with E-state index in [1.807, 2.05) is 12.1 Å². The van der Waals surface area contributed by atoms with Crippen molar-refractivity contribution in [3.63, 3.8) is 0 Å². The van der Waals surface area contributed by atoms with Crippen LogP contribution in [-0.4, -0.2) is 18.0 Å². The third-order valence-corrected chi connectivity index (χ3v) is 5.58. The molecule has 1 amide bonds. The number of hydrogen-bond donors (Lipinski definition) is 2. The first kappa shape index (κ1) is 16.5. The Labute approximate surface area is 135 Å². The van der Waals surface area contributed by atoms with Crippen LogP contribution >= 0.6 is 15.9 Å². The Morgan fingerprint density at radius 2 is 1.86 bits per heavy atom. The first-order chi connectivity index (χ1) is 9.96. The minimum absolute atomic E-state index is 0.132. The molecule has 0 spiro atoms. The number of nitrogens with two attached hydrogens (primary N) is 1. The van der Waals surface area contributed by atoms with Gasteiger partial charge in [0.05, 0.1) is 5.41 Å². The topological polar surface area (TPSA) is 55.1 Å². The van der Waals surface area contributed by atoms with E-state index in [9.17, 15) is 4.79 Å². The van der Waals surface area contributed by atoms with Crippen LogP contribution in [0, 0.1) is 0 Å². The SMILES string of the molecule is CCC(N)(CC)CNC(=O)C1(c2ccc(Br)cc2)CCC1. The van der Waals surface area contributed by atoms with Crippen molar-refractivity contribution in [2.24, 2.45) is 5.73 Å². The third kappa shape index (κ3) is 3.32. The maximum atomic E-state index is 12.7. The van der Waals surface area contributed by atoms with E-state index in [1.165, 1.54) is 0 Å². The molecule has 21 heavy (non-hydrogen) atoms. The zero-order valence-corrected chi connectivity index (χ0v) is 14.5. The second kappa shape index (κ2) is 6.49. The quantitative estimate of drug-likeness (QED) is 0.822. The van der Waals surface area contributed by atoms with Gasteiger partial charge in [0, 0.05) is 16.6 Å². The number of benzene rings is 1. The number of amides is 1. The van der Waals surface area contributed by atoms with Crippen LogP contribution in [-0.2, 0) is 10.2 Å². The van der Waals surface area contributed by atoms with Crippen LogP contribution in [0.25, 0.3) is 0 Å². The molecule has 1 aromatic carbocycles. The van der Waals surface area contributed by atoms with Crippen LogP contribution in [0.1, 0.15) is 51.5 Å². The van der Waals surface area contributed by atoms with E-state index in [0.717, 1.165) is 42.1 Å². The largest absolute Gasteiger partial charge is 0.353 e. The molecule has 1 saturated carbocycles. The maximum absolute atomic E-state index is 12.7. The van der Waals surface area contributed by atoms with Gasteiger partial charge >= 0.3 is 0 Å². The summed E-state index contributed by atoms with van der Waals surface area (Å²) in [6.07, 6.45) is 4.70. The Morgan fingerprint density at radius 1 is 1.29 bits per heavy atom. The lowest BCUT2D eigenvalue weighted by Crippen LogP contribution is -2.55. The highest BCUT2D eigenvalue weighted by molar-refractivity contribution is 9.10.